The van der Waals surface area contributed by atoms with Gasteiger partial charge in [0.25, 0.3) is 0 Å². The number of hydrogen-bond acceptors (Lipinski definition) is 8. The van der Waals surface area contributed by atoms with E-state index in [9.17, 15) is 19.0 Å². The van der Waals surface area contributed by atoms with Gasteiger partial charge in [-0.15, -0.1) is 0 Å². The zero-order valence-corrected chi connectivity index (χ0v) is 43.1. The van der Waals surface area contributed by atoms with Crippen LogP contribution in [0.3, 0.4) is 0 Å². The van der Waals surface area contributed by atoms with Crippen LogP contribution in [0.4, 0.5) is 0 Å². The Hall–Kier alpha value is -3.11. The Bertz CT molecular complexity index is 1430. The van der Waals surface area contributed by atoms with Crippen molar-refractivity contribution in [2.75, 3.05) is 26.4 Å². The van der Waals surface area contributed by atoms with Crippen LogP contribution in [-0.4, -0.2) is 60.5 Å². The van der Waals surface area contributed by atoms with Gasteiger partial charge in [0.05, 0.1) is 19.8 Å². The van der Waals surface area contributed by atoms with Gasteiger partial charge in [-0.1, -0.05) is 201 Å². The molecule has 384 valence electrons. The number of carboxylic acid groups (broad SMARTS) is 1. The van der Waals surface area contributed by atoms with Crippen molar-refractivity contribution in [1.29, 1.82) is 0 Å². The largest absolute Gasteiger partial charge is 0.480 e. The minimum Gasteiger partial charge on any atom is -0.480 e. The molecule has 10 nitrogen and oxygen atoms in total. The molecule has 0 aromatic heterocycles. The molecule has 3 unspecified atom stereocenters. The highest BCUT2D eigenvalue weighted by Crippen LogP contribution is 2.43. The first kappa shape index (κ1) is 63.9. The Morgan fingerprint density at radius 1 is 0.493 bits per heavy atom. The highest BCUT2D eigenvalue weighted by atomic mass is 31.2. The molecular formula is C56H96NO9P. The van der Waals surface area contributed by atoms with E-state index in [1.807, 2.05) is 0 Å². The van der Waals surface area contributed by atoms with Crippen molar-refractivity contribution in [3.63, 3.8) is 0 Å². The summed E-state index contributed by atoms with van der Waals surface area (Å²) in [4.78, 5) is 33.7. The molecule has 67 heavy (non-hydrogen) atoms. The number of esters is 1. The van der Waals surface area contributed by atoms with Crippen molar-refractivity contribution < 1.29 is 42.7 Å². The molecule has 0 aliphatic rings. The highest BCUT2D eigenvalue weighted by molar-refractivity contribution is 7.47. The molecule has 0 amide bonds. The van der Waals surface area contributed by atoms with E-state index < -0.39 is 45.1 Å². The highest BCUT2D eigenvalue weighted by Gasteiger charge is 2.27. The van der Waals surface area contributed by atoms with Crippen molar-refractivity contribution in [1.82, 2.24) is 0 Å². The normalized spacial score (nSPS) is 14.4. The zero-order valence-electron chi connectivity index (χ0n) is 42.2. The van der Waals surface area contributed by atoms with Crippen LogP contribution in [0.15, 0.2) is 97.2 Å². The average Bonchev–Trinajstić information content (AvgIpc) is 3.31. The molecule has 0 saturated heterocycles. The second kappa shape index (κ2) is 50.8. The summed E-state index contributed by atoms with van der Waals surface area (Å²) in [6.45, 7) is 3.68. The van der Waals surface area contributed by atoms with Crippen molar-refractivity contribution >= 4 is 19.8 Å². The van der Waals surface area contributed by atoms with Gasteiger partial charge in [0.1, 0.15) is 12.1 Å². The molecule has 0 saturated carbocycles. The lowest BCUT2D eigenvalue weighted by molar-refractivity contribution is -0.154. The van der Waals surface area contributed by atoms with E-state index in [4.69, 9.17) is 29.4 Å². The van der Waals surface area contributed by atoms with Crippen molar-refractivity contribution in [2.45, 2.75) is 219 Å². The lowest BCUT2D eigenvalue weighted by Crippen LogP contribution is -2.34. The van der Waals surface area contributed by atoms with Gasteiger partial charge in [0.2, 0.25) is 0 Å². The molecule has 0 bridgehead atoms. The maximum absolute atomic E-state index is 12.7. The van der Waals surface area contributed by atoms with Crippen molar-refractivity contribution in [3.05, 3.63) is 97.2 Å². The second-order valence-corrected chi connectivity index (χ2v) is 18.7. The molecule has 0 aliphatic heterocycles. The van der Waals surface area contributed by atoms with E-state index in [1.165, 1.54) is 89.9 Å². The third-order valence-electron chi connectivity index (χ3n) is 10.8. The van der Waals surface area contributed by atoms with Gasteiger partial charge >= 0.3 is 19.8 Å². The zero-order chi connectivity index (χ0) is 49.0. The van der Waals surface area contributed by atoms with Gasteiger partial charge < -0.3 is 25.2 Å². The number of rotatable bonds is 49. The third kappa shape index (κ3) is 50.6. The molecule has 0 aliphatic carbocycles. The van der Waals surface area contributed by atoms with Crippen LogP contribution < -0.4 is 5.73 Å². The molecular weight excluding hydrogens is 862 g/mol. The molecule has 0 aromatic carbocycles. The number of phosphoric acid groups is 1. The molecule has 0 spiro atoms. The van der Waals surface area contributed by atoms with Crippen molar-refractivity contribution in [3.8, 4) is 0 Å². The van der Waals surface area contributed by atoms with Gasteiger partial charge in [0, 0.05) is 13.0 Å². The minimum absolute atomic E-state index is 0.0121. The van der Waals surface area contributed by atoms with Crippen LogP contribution in [0.5, 0.6) is 0 Å². The number of ether oxygens (including phenoxy) is 2. The Kier molecular flexibility index (Phi) is 48.4. The summed E-state index contributed by atoms with van der Waals surface area (Å²) in [7, 11) is -4.64. The SMILES string of the molecule is CC/C=C\C/C=C\C/C=C\C/C=C\C/C=C\C/C=C\CCCCCOCC(COP(=O)(O)OCC(N)C(=O)O)OC(=O)CCCCCCCCCCCCC/C=C\C/C=C\CCCCCCC. The summed E-state index contributed by atoms with van der Waals surface area (Å²) in [5.74, 6) is -1.80. The van der Waals surface area contributed by atoms with Crippen LogP contribution in [-0.2, 0) is 32.7 Å². The Morgan fingerprint density at radius 2 is 0.866 bits per heavy atom. The lowest BCUT2D eigenvalue weighted by atomic mass is 10.0. The fraction of sp³-hybridized carbons (Fsp3) is 0.679. The monoisotopic (exact) mass is 958 g/mol. The molecule has 0 heterocycles. The Labute approximate surface area is 409 Å². The minimum atomic E-state index is -4.64. The summed E-state index contributed by atoms with van der Waals surface area (Å²) >= 11 is 0. The number of hydrogen-bond donors (Lipinski definition) is 3. The van der Waals surface area contributed by atoms with Crippen LogP contribution in [0.2, 0.25) is 0 Å². The lowest BCUT2D eigenvalue weighted by Gasteiger charge is -2.20. The maximum Gasteiger partial charge on any atom is 0.472 e. The summed E-state index contributed by atoms with van der Waals surface area (Å²) in [6.07, 6.45) is 67.5. The number of carboxylic acids is 1. The topological polar surface area (TPSA) is 155 Å². The summed E-state index contributed by atoms with van der Waals surface area (Å²) in [6, 6.07) is -1.49. The first-order valence-electron chi connectivity index (χ1n) is 26.3. The number of phosphoric ester groups is 1. The molecule has 0 aromatic rings. The van der Waals surface area contributed by atoms with Crippen LogP contribution in [0, 0.1) is 0 Å². The van der Waals surface area contributed by atoms with E-state index in [-0.39, 0.29) is 13.0 Å². The molecule has 0 rings (SSSR count). The Morgan fingerprint density at radius 3 is 1.30 bits per heavy atom. The van der Waals surface area contributed by atoms with Crippen LogP contribution >= 0.6 is 7.82 Å². The summed E-state index contributed by atoms with van der Waals surface area (Å²) < 4.78 is 33.5. The van der Waals surface area contributed by atoms with Crippen LogP contribution in [0.1, 0.15) is 206 Å². The Balaban J connectivity index is 4.22. The smallest absolute Gasteiger partial charge is 0.472 e. The first-order chi connectivity index (χ1) is 32.7. The molecule has 3 atom stereocenters. The van der Waals surface area contributed by atoms with E-state index in [0.717, 1.165) is 89.9 Å². The maximum atomic E-state index is 12.7. The van der Waals surface area contributed by atoms with Gasteiger partial charge in [-0.25, -0.2) is 4.57 Å². The second-order valence-electron chi connectivity index (χ2n) is 17.3. The molecule has 4 N–H and O–H groups in total. The van der Waals surface area contributed by atoms with E-state index >= 15 is 0 Å². The van der Waals surface area contributed by atoms with Crippen molar-refractivity contribution in [2.24, 2.45) is 5.73 Å². The summed E-state index contributed by atoms with van der Waals surface area (Å²) in [5, 5.41) is 8.94. The molecule has 11 heteroatoms. The van der Waals surface area contributed by atoms with Gasteiger partial charge in [-0.05, 0) is 96.3 Å². The van der Waals surface area contributed by atoms with E-state index in [1.54, 1.807) is 0 Å². The van der Waals surface area contributed by atoms with Gasteiger partial charge in [-0.2, -0.15) is 0 Å². The molecule has 0 fully saturated rings. The van der Waals surface area contributed by atoms with Gasteiger partial charge in [0.15, 0.2) is 0 Å². The predicted octanol–water partition coefficient (Wildman–Crippen LogP) is 15.7. The van der Waals surface area contributed by atoms with E-state index in [2.05, 4.69) is 111 Å². The number of aliphatic carboxylic acids is 1. The fourth-order valence-electron chi connectivity index (χ4n) is 6.81. The average molecular weight is 958 g/mol. The van der Waals surface area contributed by atoms with E-state index in [0.29, 0.717) is 13.0 Å². The number of nitrogens with two attached hydrogens (primary N) is 1. The number of allylic oxidation sites excluding steroid dienone is 16. The third-order valence-corrected chi connectivity index (χ3v) is 11.8. The number of carbonyl (C=O) groups is 2. The fourth-order valence-corrected chi connectivity index (χ4v) is 7.59. The standard InChI is InChI=1S/C56H96NO9P/c1-3-5-7-9-11-13-15-17-19-21-23-25-27-28-30-32-34-36-38-40-42-44-46-48-55(58)66-53(51-64-67(61,62)65-52-54(57)56(59)60)50-63-49-47-45-43-41-39-37-35-33-31-29-26-24-22-20-18-16-14-12-10-8-6-4-2/h6,8,12,14-15,17-18,20-21,23-24,26,31,33,37,39,53-54H,3-5,7,9-11,13,16,19,22,25,27-30,32,34-36,38,40-52,57H2,1-2H3,(H,59,60)(H,61,62)/b8-6-,14-12-,17-15-,20-18-,23-21-,26-24-,33-31-,39-37-. The van der Waals surface area contributed by atoms with Crippen LogP contribution in [0.25, 0.3) is 0 Å². The summed E-state index contributed by atoms with van der Waals surface area (Å²) in [5.41, 5.74) is 5.38. The van der Waals surface area contributed by atoms with Gasteiger partial charge in [-0.3, -0.25) is 18.6 Å². The molecule has 0 radical (unpaired) electrons. The first-order valence-corrected chi connectivity index (χ1v) is 27.8. The number of unbranched alkanes of at least 4 members (excludes halogenated alkanes) is 19. The number of carbonyl (C=O) groups excluding carboxylic acids is 1. The quantitative estimate of drug-likeness (QED) is 0.0232. The predicted molar refractivity (Wildman–Crippen MR) is 281 cm³/mol.